The van der Waals surface area contributed by atoms with Crippen molar-refractivity contribution in [2.75, 3.05) is 19.7 Å². The van der Waals surface area contributed by atoms with Gasteiger partial charge in [-0.1, -0.05) is 27.7 Å². The van der Waals surface area contributed by atoms with E-state index in [0.717, 1.165) is 69.5 Å². The number of nitrogens with one attached hydrogen (secondary N) is 2. The van der Waals surface area contributed by atoms with Crippen molar-refractivity contribution in [2.45, 2.75) is 85.4 Å². The van der Waals surface area contributed by atoms with Crippen LogP contribution in [-0.2, 0) is 24.1 Å². The summed E-state index contributed by atoms with van der Waals surface area (Å²) in [6, 6.07) is 0.331. The highest BCUT2D eigenvalue weighted by atomic mass is 127. The predicted octanol–water partition coefficient (Wildman–Crippen LogP) is 3.17. The summed E-state index contributed by atoms with van der Waals surface area (Å²) in [7, 11) is 0. The second-order valence-corrected chi connectivity index (χ2v) is 9.14. The van der Waals surface area contributed by atoms with E-state index >= 15 is 0 Å². The van der Waals surface area contributed by atoms with Crippen molar-refractivity contribution in [1.29, 1.82) is 0 Å². The summed E-state index contributed by atoms with van der Waals surface area (Å²) in [5.74, 6) is 3.44. The van der Waals surface area contributed by atoms with Crippen LogP contribution in [0.15, 0.2) is 4.99 Å². The number of halogens is 1. The van der Waals surface area contributed by atoms with Crippen molar-refractivity contribution in [3.8, 4) is 0 Å². The second-order valence-electron chi connectivity index (χ2n) is 9.14. The number of nitrogens with zero attached hydrogens (tertiary/aromatic N) is 4. The number of hydrogen-bond donors (Lipinski definition) is 2. The molecular weight excluding hydrogens is 479 g/mol. The van der Waals surface area contributed by atoms with E-state index in [-0.39, 0.29) is 35.5 Å². The molecule has 166 valence electrons. The van der Waals surface area contributed by atoms with E-state index in [0.29, 0.717) is 12.0 Å². The summed E-state index contributed by atoms with van der Waals surface area (Å²) in [5, 5.41) is 11.7. The van der Waals surface area contributed by atoms with Gasteiger partial charge >= 0.3 is 0 Å². The summed E-state index contributed by atoms with van der Waals surface area (Å²) in [4.78, 5) is 9.55. The highest BCUT2D eigenvalue weighted by Crippen LogP contribution is 2.34. The van der Waals surface area contributed by atoms with Gasteiger partial charge in [0, 0.05) is 44.5 Å². The summed E-state index contributed by atoms with van der Waals surface area (Å²) in [6.45, 7) is 14.4. The highest BCUT2D eigenvalue weighted by Gasteiger charge is 2.35. The van der Waals surface area contributed by atoms with Crippen molar-refractivity contribution in [3.63, 3.8) is 0 Å². The minimum Gasteiger partial charge on any atom is -0.377 e. The summed E-state index contributed by atoms with van der Waals surface area (Å²) in [5.41, 5.74) is 0.149. The van der Waals surface area contributed by atoms with Crippen molar-refractivity contribution >= 4 is 29.9 Å². The standard InChI is InChI=1S/C21H38N6O.HI/c1-6-17-25-18-11-10-16(14-27(18)26-17)24-20(22-7-2)23-13-15-9-8-12-28-19(15)21(3,4)5;/h15-16,19H,6-14H2,1-5H3,(H2,22,23,24);1H. The molecule has 29 heavy (non-hydrogen) atoms. The zero-order chi connectivity index (χ0) is 20.1. The monoisotopic (exact) mass is 518 g/mol. The number of aliphatic imine (C=N–C) groups is 1. The molecule has 8 heteroatoms. The van der Waals surface area contributed by atoms with E-state index in [1.807, 2.05) is 0 Å². The maximum Gasteiger partial charge on any atom is 0.191 e. The Hall–Kier alpha value is -0.900. The Kier molecular flexibility index (Phi) is 9.18. The largest absolute Gasteiger partial charge is 0.377 e. The summed E-state index contributed by atoms with van der Waals surface area (Å²) < 4.78 is 8.18. The minimum absolute atomic E-state index is 0. The molecule has 0 bridgehead atoms. The quantitative estimate of drug-likeness (QED) is 0.356. The van der Waals surface area contributed by atoms with E-state index < -0.39 is 0 Å². The van der Waals surface area contributed by atoms with Crippen LogP contribution in [0, 0.1) is 11.3 Å². The fraction of sp³-hybridized carbons (Fsp3) is 0.857. The van der Waals surface area contributed by atoms with Crippen LogP contribution in [-0.4, -0.2) is 52.6 Å². The number of rotatable bonds is 5. The van der Waals surface area contributed by atoms with Crippen molar-refractivity contribution in [2.24, 2.45) is 16.3 Å². The first-order chi connectivity index (χ1) is 13.4. The molecule has 2 N–H and O–H groups in total. The van der Waals surface area contributed by atoms with E-state index in [1.165, 1.54) is 6.42 Å². The topological polar surface area (TPSA) is 76.4 Å². The third-order valence-corrected chi connectivity index (χ3v) is 5.69. The fourth-order valence-electron chi connectivity index (χ4n) is 4.34. The van der Waals surface area contributed by atoms with Gasteiger partial charge in [0.1, 0.15) is 5.82 Å². The van der Waals surface area contributed by atoms with Crippen LogP contribution in [0.4, 0.5) is 0 Å². The fourth-order valence-corrected chi connectivity index (χ4v) is 4.34. The van der Waals surface area contributed by atoms with E-state index in [2.05, 4.69) is 60.0 Å². The van der Waals surface area contributed by atoms with Gasteiger partial charge < -0.3 is 15.4 Å². The predicted molar refractivity (Wildman–Crippen MR) is 128 cm³/mol. The van der Waals surface area contributed by atoms with Crippen LogP contribution >= 0.6 is 24.0 Å². The van der Waals surface area contributed by atoms with Gasteiger partial charge in [-0.25, -0.2) is 9.67 Å². The smallest absolute Gasteiger partial charge is 0.191 e. The van der Waals surface area contributed by atoms with Gasteiger partial charge in [0.2, 0.25) is 0 Å². The van der Waals surface area contributed by atoms with Crippen LogP contribution in [0.1, 0.15) is 65.5 Å². The molecule has 2 aliphatic heterocycles. The molecule has 3 rings (SSSR count). The van der Waals surface area contributed by atoms with Crippen LogP contribution in [0.2, 0.25) is 0 Å². The molecule has 0 spiro atoms. The number of ether oxygens (including phenoxy) is 1. The molecule has 3 heterocycles. The van der Waals surface area contributed by atoms with Gasteiger partial charge in [0.15, 0.2) is 11.8 Å². The van der Waals surface area contributed by atoms with Gasteiger partial charge in [0.05, 0.1) is 12.6 Å². The molecule has 0 aromatic carbocycles. The average Bonchev–Trinajstić information content (AvgIpc) is 3.08. The molecule has 1 saturated heterocycles. The molecular formula is C21H39IN6O. The Morgan fingerprint density at radius 3 is 2.76 bits per heavy atom. The van der Waals surface area contributed by atoms with Crippen LogP contribution in [0.3, 0.4) is 0 Å². The molecule has 1 aromatic heterocycles. The van der Waals surface area contributed by atoms with Crippen molar-refractivity contribution in [1.82, 2.24) is 25.4 Å². The van der Waals surface area contributed by atoms with E-state index in [4.69, 9.17) is 9.73 Å². The first-order valence-corrected chi connectivity index (χ1v) is 11.0. The first-order valence-electron chi connectivity index (χ1n) is 11.0. The average molecular weight is 518 g/mol. The molecule has 1 aromatic rings. The van der Waals surface area contributed by atoms with Gasteiger partial charge in [-0.3, -0.25) is 4.99 Å². The Bertz CT molecular complexity index is 669. The Morgan fingerprint density at radius 1 is 1.28 bits per heavy atom. The normalized spacial score (nSPS) is 25.1. The molecule has 0 saturated carbocycles. The number of hydrogen-bond acceptors (Lipinski definition) is 4. The number of guanidine groups is 1. The van der Waals surface area contributed by atoms with Crippen LogP contribution in [0.25, 0.3) is 0 Å². The van der Waals surface area contributed by atoms with Gasteiger partial charge in [-0.2, -0.15) is 5.10 Å². The molecule has 7 nitrogen and oxygen atoms in total. The highest BCUT2D eigenvalue weighted by molar-refractivity contribution is 14.0. The molecule has 1 fully saturated rings. The lowest BCUT2D eigenvalue weighted by molar-refractivity contribution is -0.0823. The Balaban J connectivity index is 0.00000300. The molecule has 2 aliphatic rings. The van der Waals surface area contributed by atoms with Crippen LogP contribution < -0.4 is 10.6 Å². The number of aromatic nitrogens is 3. The summed E-state index contributed by atoms with van der Waals surface area (Å²) >= 11 is 0. The lowest BCUT2D eigenvalue weighted by Gasteiger charge is -2.39. The number of aryl methyl sites for hydroxylation is 2. The van der Waals surface area contributed by atoms with Crippen molar-refractivity contribution in [3.05, 3.63) is 11.6 Å². The Labute approximate surface area is 192 Å². The maximum atomic E-state index is 6.12. The van der Waals surface area contributed by atoms with Crippen molar-refractivity contribution < 1.29 is 4.74 Å². The molecule has 3 unspecified atom stereocenters. The lowest BCUT2D eigenvalue weighted by Crippen LogP contribution is -2.48. The zero-order valence-electron chi connectivity index (χ0n) is 18.7. The maximum absolute atomic E-state index is 6.12. The third kappa shape index (κ3) is 6.54. The third-order valence-electron chi connectivity index (χ3n) is 5.69. The Morgan fingerprint density at radius 2 is 2.07 bits per heavy atom. The second kappa shape index (κ2) is 10.9. The van der Waals surface area contributed by atoms with Gasteiger partial charge in [-0.05, 0) is 31.6 Å². The van der Waals surface area contributed by atoms with E-state index in [1.54, 1.807) is 0 Å². The van der Waals surface area contributed by atoms with Crippen LogP contribution in [0.5, 0.6) is 0 Å². The van der Waals surface area contributed by atoms with Gasteiger partial charge in [0.25, 0.3) is 0 Å². The number of fused-ring (bicyclic) bond motifs is 1. The molecule has 0 amide bonds. The summed E-state index contributed by atoms with van der Waals surface area (Å²) in [6.07, 6.45) is 5.51. The minimum atomic E-state index is 0. The zero-order valence-corrected chi connectivity index (χ0v) is 21.0. The van der Waals surface area contributed by atoms with E-state index in [9.17, 15) is 0 Å². The van der Waals surface area contributed by atoms with Gasteiger partial charge in [-0.15, -0.1) is 24.0 Å². The lowest BCUT2D eigenvalue weighted by atomic mass is 9.78. The SMILES string of the molecule is CCNC(=NCC1CCCOC1C(C)(C)C)NC1CCc2nc(CC)nn2C1.I. The molecule has 0 radical (unpaired) electrons. The molecule has 3 atom stereocenters. The first kappa shape index (κ1) is 24.4. The molecule has 0 aliphatic carbocycles.